The van der Waals surface area contributed by atoms with Gasteiger partial charge in [-0.05, 0) is 28.6 Å². The van der Waals surface area contributed by atoms with Crippen molar-refractivity contribution in [3.05, 3.63) is 127 Å². The van der Waals surface area contributed by atoms with Crippen molar-refractivity contribution in [1.29, 1.82) is 0 Å². The average Bonchev–Trinajstić information content (AvgIpc) is 3.40. The van der Waals surface area contributed by atoms with E-state index in [0.717, 1.165) is 33.6 Å². The summed E-state index contributed by atoms with van der Waals surface area (Å²) in [7, 11) is 0. The summed E-state index contributed by atoms with van der Waals surface area (Å²) in [6, 6.07) is 43.8. The molecule has 0 bridgehead atoms. The third-order valence-corrected chi connectivity index (χ3v) is 5.86. The lowest BCUT2D eigenvalue weighted by Gasteiger charge is -2.09. The molecule has 0 aliphatic rings. The molecule has 5 aromatic carbocycles. The Balaban J connectivity index is 0.000000848. The second-order valence-corrected chi connectivity index (χ2v) is 8.07. The molecule has 0 saturated carbocycles. The van der Waals surface area contributed by atoms with Gasteiger partial charge in [0, 0.05) is 16.5 Å². The van der Waals surface area contributed by atoms with Crippen LogP contribution in [0.4, 0.5) is 0 Å². The van der Waals surface area contributed by atoms with Crippen LogP contribution >= 0.6 is 0 Å². The Hall–Kier alpha value is -5.12. The zero-order chi connectivity index (χ0) is 24.7. The molecule has 36 heavy (non-hydrogen) atoms. The van der Waals surface area contributed by atoms with E-state index in [4.69, 9.17) is 19.7 Å². The SMILES string of the molecule is O=C=O.c1ccc(-c2cccc(-c3nc(-c4ccccc4)n(-c4cccc5ccccc45)n3)c2)cc1. The summed E-state index contributed by atoms with van der Waals surface area (Å²) in [6.45, 7) is 0. The molecule has 0 aliphatic carbocycles. The molecule has 172 valence electrons. The number of rotatable bonds is 4. The fourth-order valence-corrected chi connectivity index (χ4v) is 4.24. The van der Waals surface area contributed by atoms with E-state index in [2.05, 4.69) is 103 Å². The highest BCUT2D eigenvalue weighted by atomic mass is 16.2. The maximum absolute atomic E-state index is 8.12. The summed E-state index contributed by atoms with van der Waals surface area (Å²) in [6.07, 6.45) is 0.250. The number of fused-ring (bicyclic) bond motifs is 1. The lowest BCUT2D eigenvalue weighted by atomic mass is 10.0. The molecule has 6 aromatic rings. The van der Waals surface area contributed by atoms with Crippen LogP contribution in [0.3, 0.4) is 0 Å². The molecule has 0 aliphatic heterocycles. The van der Waals surface area contributed by atoms with Crippen LogP contribution in [0.15, 0.2) is 127 Å². The molecule has 0 amide bonds. The van der Waals surface area contributed by atoms with Gasteiger partial charge in [0.15, 0.2) is 11.6 Å². The third kappa shape index (κ3) is 4.60. The number of carbonyl (C=O) groups excluding carboxylic acids is 2. The van der Waals surface area contributed by atoms with Gasteiger partial charge in [-0.25, -0.2) is 9.67 Å². The molecule has 0 unspecified atom stereocenters. The number of hydrogen-bond acceptors (Lipinski definition) is 4. The molecule has 0 radical (unpaired) electrons. The van der Waals surface area contributed by atoms with Crippen molar-refractivity contribution in [3.63, 3.8) is 0 Å². The Morgan fingerprint density at radius 1 is 0.556 bits per heavy atom. The minimum absolute atomic E-state index is 0.250. The van der Waals surface area contributed by atoms with Gasteiger partial charge in [0.1, 0.15) is 0 Å². The summed E-state index contributed by atoms with van der Waals surface area (Å²) in [5, 5.41) is 7.34. The fraction of sp³-hybridized carbons (Fsp3) is 0. The average molecular weight is 468 g/mol. The van der Waals surface area contributed by atoms with Crippen molar-refractivity contribution in [2.45, 2.75) is 0 Å². The Morgan fingerprint density at radius 3 is 1.86 bits per heavy atom. The predicted octanol–water partition coefficient (Wildman–Crippen LogP) is 6.84. The third-order valence-electron chi connectivity index (χ3n) is 5.86. The first-order valence-electron chi connectivity index (χ1n) is 11.4. The Kier molecular flexibility index (Phi) is 6.57. The van der Waals surface area contributed by atoms with Crippen LogP contribution in [0.2, 0.25) is 0 Å². The number of aromatic nitrogens is 3. The van der Waals surface area contributed by atoms with E-state index in [1.807, 2.05) is 28.9 Å². The summed E-state index contributed by atoms with van der Waals surface area (Å²) in [5.74, 6) is 1.53. The molecule has 6 rings (SSSR count). The first-order valence-corrected chi connectivity index (χ1v) is 11.4. The highest BCUT2D eigenvalue weighted by Gasteiger charge is 2.17. The first kappa shape index (κ1) is 22.7. The monoisotopic (exact) mass is 467 g/mol. The predicted molar refractivity (Wildman–Crippen MR) is 140 cm³/mol. The van der Waals surface area contributed by atoms with Gasteiger partial charge in [-0.3, -0.25) is 0 Å². The lowest BCUT2D eigenvalue weighted by Crippen LogP contribution is -2.00. The van der Waals surface area contributed by atoms with Gasteiger partial charge < -0.3 is 0 Å². The highest BCUT2D eigenvalue weighted by molar-refractivity contribution is 5.90. The molecule has 0 spiro atoms. The molecule has 5 nitrogen and oxygen atoms in total. The van der Waals surface area contributed by atoms with Crippen molar-refractivity contribution in [1.82, 2.24) is 14.8 Å². The lowest BCUT2D eigenvalue weighted by molar-refractivity contribution is -0.191. The van der Waals surface area contributed by atoms with E-state index in [0.29, 0.717) is 5.82 Å². The zero-order valence-electron chi connectivity index (χ0n) is 19.3. The highest BCUT2D eigenvalue weighted by Crippen LogP contribution is 2.30. The molecular formula is C31H21N3O2. The molecule has 0 saturated heterocycles. The maximum Gasteiger partial charge on any atom is 0.373 e. The van der Waals surface area contributed by atoms with E-state index in [9.17, 15) is 0 Å². The molecule has 0 N–H and O–H groups in total. The van der Waals surface area contributed by atoms with E-state index >= 15 is 0 Å². The fourth-order valence-electron chi connectivity index (χ4n) is 4.24. The molecule has 0 fully saturated rings. The van der Waals surface area contributed by atoms with E-state index in [1.54, 1.807) is 0 Å². The molecule has 1 heterocycles. The van der Waals surface area contributed by atoms with Gasteiger partial charge in [0.2, 0.25) is 0 Å². The van der Waals surface area contributed by atoms with Crippen LogP contribution in [0.25, 0.3) is 50.4 Å². The normalized spacial score (nSPS) is 10.3. The van der Waals surface area contributed by atoms with Gasteiger partial charge in [-0.1, -0.05) is 115 Å². The van der Waals surface area contributed by atoms with E-state index in [-0.39, 0.29) is 6.15 Å². The second-order valence-electron chi connectivity index (χ2n) is 8.07. The molecule has 0 atom stereocenters. The van der Waals surface area contributed by atoms with Crippen molar-refractivity contribution in [2.24, 2.45) is 0 Å². The van der Waals surface area contributed by atoms with Crippen molar-refractivity contribution >= 4 is 16.9 Å². The van der Waals surface area contributed by atoms with Gasteiger partial charge in [0.05, 0.1) is 5.69 Å². The minimum atomic E-state index is 0.250. The van der Waals surface area contributed by atoms with Crippen molar-refractivity contribution in [2.75, 3.05) is 0 Å². The van der Waals surface area contributed by atoms with E-state index in [1.165, 1.54) is 10.9 Å². The summed E-state index contributed by atoms with van der Waals surface area (Å²) < 4.78 is 1.97. The first-order chi connectivity index (χ1) is 17.8. The van der Waals surface area contributed by atoms with Crippen LogP contribution in [0.1, 0.15) is 0 Å². The Labute approximate surface area is 208 Å². The largest absolute Gasteiger partial charge is 0.373 e. The van der Waals surface area contributed by atoms with Crippen LogP contribution in [-0.4, -0.2) is 20.9 Å². The Bertz CT molecular complexity index is 1650. The standard InChI is InChI=1S/C30H21N3.CO2/c1-3-11-22(12-4-1)25-17-9-18-26(21-25)29-31-30(24-14-5-2-6-15-24)33(32-29)28-20-10-16-23-13-7-8-19-27(23)28;2-1-3/h1-21H;. The van der Waals surface area contributed by atoms with Crippen LogP contribution < -0.4 is 0 Å². The smallest absolute Gasteiger partial charge is 0.212 e. The topological polar surface area (TPSA) is 64.8 Å². The van der Waals surface area contributed by atoms with Gasteiger partial charge in [-0.15, -0.1) is 5.10 Å². The van der Waals surface area contributed by atoms with Crippen molar-refractivity contribution in [3.8, 4) is 39.6 Å². The van der Waals surface area contributed by atoms with Gasteiger partial charge in [-0.2, -0.15) is 9.59 Å². The number of benzene rings is 5. The maximum atomic E-state index is 8.12. The van der Waals surface area contributed by atoms with E-state index < -0.39 is 0 Å². The molecule has 5 heteroatoms. The second kappa shape index (κ2) is 10.4. The van der Waals surface area contributed by atoms with Gasteiger partial charge in [0.25, 0.3) is 0 Å². The summed E-state index contributed by atoms with van der Waals surface area (Å²) in [5.41, 5.74) is 5.37. The number of hydrogen-bond donors (Lipinski definition) is 0. The van der Waals surface area contributed by atoms with Crippen LogP contribution in [0, 0.1) is 0 Å². The quantitative estimate of drug-likeness (QED) is 0.285. The number of nitrogens with zero attached hydrogens (tertiary/aromatic N) is 3. The Morgan fingerprint density at radius 2 is 1.11 bits per heavy atom. The van der Waals surface area contributed by atoms with Crippen LogP contribution in [0.5, 0.6) is 0 Å². The van der Waals surface area contributed by atoms with Crippen molar-refractivity contribution < 1.29 is 9.59 Å². The minimum Gasteiger partial charge on any atom is -0.212 e. The van der Waals surface area contributed by atoms with Crippen LogP contribution in [-0.2, 0) is 9.59 Å². The zero-order valence-corrected chi connectivity index (χ0v) is 19.3. The molecular weight excluding hydrogens is 446 g/mol. The van der Waals surface area contributed by atoms with Gasteiger partial charge >= 0.3 is 6.15 Å². The molecule has 1 aromatic heterocycles. The summed E-state index contributed by atoms with van der Waals surface area (Å²) >= 11 is 0. The summed E-state index contributed by atoms with van der Waals surface area (Å²) in [4.78, 5) is 21.3.